The van der Waals surface area contributed by atoms with Crippen LogP contribution >= 0.6 is 0 Å². The summed E-state index contributed by atoms with van der Waals surface area (Å²) in [6, 6.07) is -2.52. The van der Waals surface area contributed by atoms with Crippen LogP contribution in [0.3, 0.4) is 0 Å². The molecule has 0 aromatic carbocycles. The standard InChI is InChI=1S/C22H36N2O12/c1-4-34-21(33)16(10(2)35-22-19(31)18(30)17(29)11(3)36-22)23-20(32)13-8-12(25)9-24(13)14(26)6-5-7-15(27)28/h10-13,16-19,22,25,29-31H,4-9H2,1-3H3,(H,23,32)(H,27,28)/t10-,11+,12-,13+,16+,17-,18?,19?,22-/m1/s1. The minimum atomic E-state index is -1.64. The largest absolute Gasteiger partial charge is 0.481 e. The number of ether oxygens (including phenoxy) is 3. The second-order valence-corrected chi connectivity index (χ2v) is 8.96. The van der Waals surface area contributed by atoms with Crippen molar-refractivity contribution in [3.8, 4) is 0 Å². The Balaban J connectivity index is 2.12. The molecule has 14 heteroatoms. The van der Waals surface area contributed by atoms with Crippen molar-refractivity contribution in [2.45, 2.75) is 101 Å². The fourth-order valence-corrected chi connectivity index (χ4v) is 4.14. The van der Waals surface area contributed by atoms with Crippen LogP contribution in [0.15, 0.2) is 0 Å². The summed E-state index contributed by atoms with van der Waals surface area (Å²) in [6.07, 6.45) is -9.40. The molecule has 36 heavy (non-hydrogen) atoms. The molecule has 0 aliphatic carbocycles. The Morgan fingerprint density at radius 3 is 2.36 bits per heavy atom. The highest BCUT2D eigenvalue weighted by atomic mass is 16.7. The number of carboxylic acid groups (broad SMARTS) is 1. The molecule has 0 bridgehead atoms. The van der Waals surface area contributed by atoms with E-state index in [2.05, 4.69) is 5.32 Å². The lowest BCUT2D eigenvalue weighted by atomic mass is 10.00. The van der Waals surface area contributed by atoms with Crippen LogP contribution in [0.4, 0.5) is 0 Å². The lowest BCUT2D eigenvalue weighted by Gasteiger charge is -2.40. The van der Waals surface area contributed by atoms with Crippen LogP contribution in [0.1, 0.15) is 46.5 Å². The Morgan fingerprint density at radius 2 is 1.75 bits per heavy atom. The van der Waals surface area contributed by atoms with Gasteiger partial charge in [0.1, 0.15) is 24.4 Å². The van der Waals surface area contributed by atoms with Gasteiger partial charge in [0.2, 0.25) is 11.8 Å². The summed E-state index contributed by atoms with van der Waals surface area (Å²) in [6.45, 7) is 4.27. The lowest BCUT2D eigenvalue weighted by Crippen LogP contribution is -2.60. The van der Waals surface area contributed by atoms with E-state index >= 15 is 0 Å². The van der Waals surface area contributed by atoms with E-state index < -0.39 is 78.8 Å². The molecule has 0 saturated carbocycles. The molecule has 9 atom stereocenters. The van der Waals surface area contributed by atoms with Gasteiger partial charge in [0.25, 0.3) is 0 Å². The third kappa shape index (κ3) is 7.57. The number of β-amino-alcohol motifs (C(OH)–C–C–N with tert-alkyl or cyclic N) is 1. The van der Waals surface area contributed by atoms with E-state index in [9.17, 15) is 39.6 Å². The lowest BCUT2D eigenvalue weighted by molar-refractivity contribution is -0.304. The van der Waals surface area contributed by atoms with Crippen LogP contribution in [-0.4, -0.2) is 122 Å². The maximum atomic E-state index is 13.1. The van der Waals surface area contributed by atoms with Crippen LogP contribution in [0.2, 0.25) is 0 Å². The molecular formula is C22H36N2O12. The monoisotopic (exact) mass is 520 g/mol. The van der Waals surface area contributed by atoms with E-state index in [-0.39, 0.29) is 38.8 Å². The SMILES string of the molecule is CCOC(=O)[C@@H](NC(=O)[C@@H]1C[C@@H](O)CN1C(=O)CCCC(=O)O)[C@@H](C)O[C@@H]1O[C@@H](C)[C@@H](O)C(O)C1O. The van der Waals surface area contributed by atoms with Gasteiger partial charge in [0.15, 0.2) is 12.3 Å². The second-order valence-electron chi connectivity index (χ2n) is 8.96. The van der Waals surface area contributed by atoms with E-state index in [1.165, 1.54) is 13.8 Å². The molecule has 2 unspecified atom stereocenters. The zero-order valence-corrected chi connectivity index (χ0v) is 20.5. The number of rotatable bonds is 11. The van der Waals surface area contributed by atoms with Crippen molar-refractivity contribution in [2.24, 2.45) is 0 Å². The van der Waals surface area contributed by atoms with Crippen LogP contribution in [0, 0.1) is 0 Å². The molecule has 2 heterocycles. The Hall–Kier alpha value is -2.36. The van der Waals surface area contributed by atoms with Crippen LogP contribution in [-0.2, 0) is 33.4 Å². The molecule has 2 saturated heterocycles. The Kier molecular flexibility index (Phi) is 11.0. The molecule has 0 radical (unpaired) electrons. The zero-order valence-electron chi connectivity index (χ0n) is 20.5. The normalized spacial score (nSPS) is 32.0. The molecule has 2 fully saturated rings. The Bertz CT molecular complexity index is 795. The van der Waals surface area contributed by atoms with Crippen molar-refractivity contribution in [1.29, 1.82) is 0 Å². The fraction of sp³-hybridized carbons (Fsp3) is 0.818. The predicted octanol–water partition coefficient (Wildman–Crippen LogP) is -2.52. The first-order valence-corrected chi connectivity index (χ1v) is 11.9. The van der Waals surface area contributed by atoms with Gasteiger partial charge >= 0.3 is 11.9 Å². The molecule has 206 valence electrons. The van der Waals surface area contributed by atoms with Gasteiger partial charge in [0.05, 0.1) is 24.9 Å². The molecule has 0 aromatic rings. The number of aliphatic hydroxyl groups is 4. The summed E-state index contributed by atoms with van der Waals surface area (Å²) >= 11 is 0. The van der Waals surface area contributed by atoms with Gasteiger partial charge in [0, 0.05) is 25.8 Å². The average Bonchev–Trinajstić information content (AvgIpc) is 3.21. The number of aliphatic carboxylic acids is 1. The number of likely N-dealkylation sites (tertiary alicyclic amines) is 1. The molecule has 2 aliphatic rings. The summed E-state index contributed by atoms with van der Waals surface area (Å²) in [7, 11) is 0. The van der Waals surface area contributed by atoms with Crippen molar-refractivity contribution >= 4 is 23.8 Å². The predicted molar refractivity (Wildman–Crippen MR) is 119 cm³/mol. The number of carbonyl (C=O) groups excluding carboxylic acids is 3. The molecule has 2 aliphatic heterocycles. The molecule has 0 aromatic heterocycles. The molecular weight excluding hydrogens is 484 g/mol. The van der Waals surface area contributed by atoms with Crippen molar-refractivity contribution < 1.29 is 58.9 Å². The van der Waals surface area contributed by atoms with Gasteiger partial charge < -0.3 is 50.0 Å². The minimum Gasteiger partial charge on any atom is -0.481 e. The third-order valence-corrected chi connectivity index (χ3v) is 6.15. The van der Waals surface area contributed by atoms with E-state index in [0.717, 1.165) is 4.90 Å². The van der Waals surface area contributed by atoms with Crippen molar-refractivity contribution in [2.75, 3.05) is 13.2 Å². The quantitative estimate of drug-likeness (QED) is 0.156. The topological polar surface area (TPSA) is 212 Å². The first kappa shape index (κ1) is 29.9. The highest BCUT2D eigenvalue weighted by Gasteiger charge is 2.45. The molecule has 6 N–H and O–H groups in total. The molecule has 2 amide bonds. The number of nitrogens with one attached hydrogen (secondary N) is 1. The summed E-state index contributed by atoms with van der Waals surface area (Å²) in [5.41, 5.74) is 0. The number of amides is 2. The maximum absolute atomic E-state index is 13.1. The van der Waals surface area contributed by atoms with Crippen molar-refractivity contribution in [3.63, 3.8) is 0 Å². The number of esters is 1. The first-order chi connectivity index (χ1) is 16.9. The smallest absolute Gasteiger partial charge is 0.331 e. The fourth-order valence-electron chi connectivity index (χ4n) is 4.14. The van der Waals surface area contributed by atoms with E-state index in [1.807, 2.05) is 0 Å². The third-order valence-electron chi connectivity index (χ3n) is 6.15. The highest BCUT2D eigenvalue weighted by Crippen LogP contribution is 2.24. The summed E-state index contributed by atoms with van der Waals surface area (Å²) in [5.74, 6) is -3.20. The minimum absolute atomic E-state index is 0.0151. The van der Waals surface area contributed by atoms with E-state index in [1.54, 1.807) is 6.92 Å². The summed E-state index contributed by atoms with van der Waals surface area (Å²) < 4.78 is 16.0. The van der Waals surface area contributed by atoms with Gasteiger partial charge in [-0.15, -0.1) is 0 Å². The van der Waals surface area contributed by atoms with Gasteiger partial charge in [-0.1, -0.05) is 0 Å². The number of aliphatic hydroxyl groups excluding tert-OH is 4. The van der Waals surface area contributed by atoms with Crippen LogP contribution in [0.25, 0.3) is 0 Å². The Labute approximate surface area is 208 Å². The molecule has 0 spiro atoms. The second kappa shape index (κ2) is 13.3. The van der Waals surface area contributed by atoms with Gasteiger partial charge in [-0.05, 0) is 27.2 Å². The van der Waals surface area contributed by atoms with Crippen molar-refractivity contribution in [3.05, 3.63) is 0 Å². The number of nitrogens with zero attached hydrogens (tertiary/aromatic N) is 1. The first-order valence-electron chi connectivity index (χ1n) is 11.9. The van der Waals surface area contributed by atoms with Crippen LogP contribution < -0.4 is 5.32 Å². The maximum Gasteiger partial charge on any atom is 0.331 e. The van der Waals surface area contributed by atoms with E-state index in [4.69, 9.17) is 19.3 Å². The Morgan fingerprint density at radius 1 is 1.08 bits per heavy atom. The average molecular weight is 521 g/mol. The number of carboxylic acids is 1. The van der Waals surface area contributed by atoms with Crippen molar-refractivity contribution in [1.82, 2.24) is 10.2 Å². The van der Waals surface area contributed by atoms with E-state index in [0.29, 0.717) is 0 Å². The number of carbonyl (C=O) groups is 4. The number of hydrogen-bond donors (Lipinski definition) is 6. The van der Waals surface area contributed by atoms with Gasteiger partial charge in [-0.3, -0.25) is 14.4 Å². The highest BCUT2D eigenvalue weighted by molar-refractivity contribution is 5.91. The number of hydrogen-bond acceptors (Lipinski definition) is 11. The zero-order chi connectivity index (χ0) is 27.2. The van der Waals surface area contributed by atoms with Gasteiger partial charge in [-0.2, -0.15) is 0 Å². The molecule has 2 rings (SSSR count). The summed E-state index contributed by atoms with van der Waals surface area (Å²) in [4.78, 5) is 50.1. The van der Waals surface area contributed by atoms with Crippen LogP contribution in [0.5, 0.6) is 0 Å². The summed E-state index contributed by atoms with van der Waals surface area (Å²) in [5, 5.41) is 51.4. The molecule has 14 nitrogen and oxygen atoms in total. The van der Waals surface area contributed by atoms with Gasteiger partial charge in [-0.25, -0.2) is 4.79 Å².